The van der Waals surface area contributed by atoms with Crippen molar-refractivity contribution < 1.29 is 0 Å². The van der Waals surface area contributed by atoms with E-state index in [0.29, 0.717) is 0 Å². The molecule has 0 saturated heterocycles. The second kappa shape index (κ2) is 10.9. The molecule has 3 heteroatoms. The third kappa shape index (κ3) is 3.73. The van der Waals surface area contributed by atoms with E-state index < -0.39 is 0 Å². The maximum Gasteiger partial charge on any atom is 0.252 e. The van der Waals surface area contributed by atoms with Crippen molar-refractivity contribution in [2.75, 3.05) is 9.80 Å². The molecule has 7 aromatic rings. The summed E-state index contributed by atoms with van der Waals surface area (Å²) in [7, 11) is 0. The minimum Gasteiger partial charge on any atom is -0.311 e. The molecule has 0 bridgehead atoms. The first kappa shape index (κ1) is 30.5. The van der Waals surface area contributed by atoms with Gasteiger partial charge in [-0.2, -0.15) is 0 Å². The predicted molar refractivity (Wildman–Crippen MR) is 230 cm³/mol. The van der Waals surface area contributed by atoms with E-state index in [1.54, 1.807) is 0 Å². The standard InChI is InChI=1S/C52H41BN2/c1-2-17-34(18-3-1)54-43-26-10-8-24-41(43)53-42-25-9-11-27-44(42)55(45-28-16-23-39-47(45)35-19-4-6-21-37(35)51(39)29-12-13-30-51)50-48-36-20-5-7-22-38(36)52(31-14-15-32-52)40(48)33-46(54)49(50)53/h1-11,16-28,33H,12-15,29-32H2. The van der Waals surface area contributed by atoms with E-state index in [4.69, 9.17) is 0 Å². The lowest BCUT2D eigenvalue weighted by molar-refractivity contribution is 0.550. The molecule has 7 aromatic carbocycles. The molecule has 0 amide bonds. The quantitative estimate of drug-likeness (QED) is 0.165. The van der Waals surface area contributed by atoms with Crippen molar-refractivity contribution >= 4 is 57.2 Å². The van der Waals surface area contributed by atoms with E-state index in [9.17, 15) is 0 Å². The van der Waals surface area contributed by atoms with Crippen LogP contribution in [0.1, 0.15) is 73.6 Å². The van der Waals surface area contributed by atoms with Crippen molar-refractivity contribution in [2.45, 2.75) is 62.2 Å². The number of para-hydroxylation sites is 3. The van der Waals surface area contributed by atoms with Gasteiger partial charge in [0.2, 0.25) is 0 Å². The van der Waals surface area contributed by atoms with Crippen LogP contribution in [0, 0.1) is 0 Å². The number of benzene rings is 7. The maximum atomic E-state index is 2.76. The van der Waals surface area contributed by atoms with Crippen LogP contribution in [0.2, 0.25) is 0 Å². The number of rotatable bonds is 2. The van der Waals surface area contributed by atoms with Gasteiger partial charge in [0.1, 0.15) is 0 Å². The molecule has 6 aliphatic rings. The van der Waals surface area contributed by atoms with Crippen LogP contribution in [0.3, 0.4) is 0 Å². The fraction of sp³-hybridized carbons (Fsp3) is 0.192. The van der Waals surface area contributed by atoms with Gasteiger partial charge < -0.3 is 9.80 Å². The van der Waals surface area contributed by atoms with E-state index in [2.05, 4.69) is 161 Å². The summed E-state index contributed by atoms with van der Waals surface area (Å²) in [6.45, 7) is 0.108. The number of nitrogens with zero attached hydrogens (tertiary/aromatic N) is 2. The summed E-state index contributed by atoms with van der Waals surface area (Å²) >= 11 is 0. The van der Waals surface area contributed by atoms with Crippen molar-refractivity contribution in [1.82, 2.24) is 0 Å². The molecule has 2 fully saturated rings. The van der Waals surface area contributed by atoms with E-state index in [1.165, 1.54) is 146 Å². The molecule has 55 heavy (non-hydrogen) atoms. The van der Waals surface area contributed by atoms with Gasteiger partial charge in [-0.1, -0.05) is 141 Å². The van der Waals surface area contributed by atoms with Crippen LogP contribution in [0.5, 0.6) is 0 Å². The Kier molecular flexibility index (Phi) is 6.06. The monoisotopic (exact) mass is 704 g/mol. The molecule has 2 nitrogen and oxygen atoms in total. The Morgan fingerprint density at radius 2 is 0.909 bits per heavy atom. The molecule has 2 spiro atoms. The van der Waals surface area contributed by atoms with Gasteiger partial charge in [-0.3, -0.25) is 0 Å². The fourth-order valence-corrected chi connectivity index (χ4v) is 12.7. The number of fused-ring (bicyclic) bond motifs is 15. The van der Waals surface area contributed by atoms with Crippen molar-refractivity contribution in [3.05, 3.63) is 174 Å². The maximum absolute atomic E-state index is 2.76. The molecule has 262 valence electrons. The third-order valence-corrected chi connectivity index (χ3v) is 14.7. The number of hydrogen-bond acceptors (Lipinski definition) is 2. The Morgan fingerprint density at radius 3 is 1.58 bits per heavy atom. The van der Waals surface area contributed by atoms with Crippen molar-refractivity contribution in [3.8, 4) is 22.3 Å². The van der Waals surface area contributed by atoms with E-state index in [0.717, 1.165) is 0 Å². The summed E-state index contributed by atoms with van der Waals surface area (Å²) < 4.78 is 0. The summed E-state index contributed by atoms with van der Waals surface area (Å²) in [6.07, 6.45) is 9.99. The Morgan fingerprint density at radius 1 is 0.400 bits per heavy atom. The van der Waals surface area contributed by atoms with Crippen LogP contribution in [-0.4, -0.2) is 6.71 Å². The van der Waals surface area contributed by atoms with Crippen molar-refractivity contribution in [2.24, 2.45) is 0 Å². The summed E-state index contributed by atoms with van der Waals surface area (Å²) in [5.74, 6) is 0. The molecule has 2 saturated carbocycles. The van der Waals surface area contributed by atoms with Gasteiger partial charge in [-0.25, -0.2) is 0 Å². The summed E-state index contributed by atoms with van der Waals surface area (Å²) in [5.41, 5.74) is 24.1. The van der Waals surface area contributed by atoms with Gasteiger partial charge in [0.15, 0.2) is 0 Å². The van der Waals surface area contributed by atoms with Gasteiger partial charge in [0, 0.05) is 44.7 Å². The highest BCUT2D eigenvalue weighted by Crippen LogP contribution is 2.64. The normalized spacial score (nSPS) is 18.1. The molecule has 0 radical (unpaired) electrons. The zero-order valence-electron chi connectivity index (χ0n) is 31.1. The number of anilines is 6. The van der Waals surface area contributed by atoms with Crippen LogP contribution in [0.25, 0.3) is 22.3 Å². The fourth-order valence-electron chi connectivity index (χ4n) is 12.7. The highest BCUT2D eigenvalue weighted by Gasteiger charge is 2.53. The summed E-state index contributed by atoms with van der Waals surface area (Å²) in [4.78, 5) is 5.36. The predicted octanol–water partition coefficient (Wildman–Crippen LogP) is 11.5. The van der Waals surface area contributed by atoms with Gasteiger partial charge in [0.05, 0.1) is 11.4 Å². The van der Waals surface area contributed by atoms with Crippen LogP contribution in [-0.2, 0) is 10.8 Å². The topological polar surface area (TPSA) is 6.48 Å². The Labute approximate surface area is 324 Å². The first-order valence-corrected chi connectivity index (χ1v) is 20.7. The smallest absolute Gasteiger partial charge is 0.252 e. The zero-order chi connectivity index (χ0) is 35.9. The zero-order valence-corrected chi connectivity index (χ0v) is 31.1. The average Bonchev–Trinajstić information content (AvgIpc) is 4.05. The van der Waals surface area contributed by atoms with Crippen molar-refractivity contribution in [3.63, 3.8) is 0 Å². The molecule has 2 heterocycles. The molecule has 0 atom stereocenters. The third-order valence-electron chi connectivity index (χ3n) is 14.7. The Hall–Kier alpha value is -5.80. The van der Waals surface area contributed by atoms with Gasteiger partial charge in [-0.15, -0.1) is 0 Å². The largest absolute Gasteiger partial charge is 0.311 e. The molecule has 13 rings (SSSR count). The van der Waals surface area contributed by atoms with Crippen LogP contribution >= 0.6 is 0 Å². The SMILES string of the molecule is c1ccc(N2c3ccccc3B3c4ccccc4N(c4cccc5c4-c4ccccc4C54CCCC4)c4c3c2cc2c4-c3ccccc3C23CCCC3)cc1. The van der Waals surface area contributed by atoms with Gasteiger partial charge in [-0.05, 0) is 112 Å². The lowest BCUT2D eigenvalue weighted by Crippen LogP contribution is -2.61. The Balaban J connectivity index is 1.21. The first-order chi connectivity index (χ1) is 27.3. The molecule has 0 unspecified atom stereocenters. The highest BCUT2D eigenvalue weighted by molar-refractivity contribution is 7.00. The van der Waals surface area contributed by atoms with Gasteiger partial charge in [0.25, 0.3) is 6.71 Å². The highest BCUT2D eigenvalue weighted by atomic mass is 15.2. The lowest BCUT2D eigenvalue weighted by Gasteiger charge is -2.46. The molecular formula is C52H41BN2. The molecule has 0 aromatic heterocycles. The van der Waals surface area contributed by atoms with Crippen LogP contribution in [0.4, 0.5) is 34.1 Å². The van der Waals surface area contributed by atoms with Crippen molar-refractivity contribution in [1.29, 1.82) is 0 Å². The molecular weight excluding hydrogens is 663 g/mol. The molecule has 0 N–H and O–H groups in total. The Bertz CT molecular complexity index is 2750. The molecule has 4 aliphatic carbocycles. The van der Waals surface area contributed by atoms with E-state index >= 15 is 0 Å². The lowest BCUT2D eigenvalue weighted by atomic mass is 9.33. The minimum atomic E-state index is 0.0219. The van der Waals surface area contributed by atoms with E-state index in [1.807, 2.05) is 0 Å². The molecule has 2 aliphatic heterocycles. The van der Waals surface area contributed by atoms with Crippen LogP contribution in [0.15, 0.2) is 152 Å². The second-order valence-corrected chi connectivity index (χ2v) is 17.0. The minimum absolute atomic E-state index is 0.0219. The first-order valence-electron chi connectivity index (χ1n) is 20.7. The van der Waals surface area contributed by atoms with E-state index in [-0.39, 0.29) is 17.5 Å². The van der Waals surface area contributed by atoms with Crippen LogP contribution < -0.4 is 26.2 Å². The second-order valence-electron chi connectivity index (χ2n) is 17.0. The number of hydrogen-bond donors (Lipinski definition) is 0. The average molecular weight is 705 g/mol. The summed E-state index contributed by atoms with van der Waals surface area (Å²) in [6, 6.07) is 58.6. The summed E-state index contributed by atoms with van der Waals surface area (Å²) in [5, 5.41) is 0. The van der Waals surface area contributed by atoms with Gasteiger partial charge >= 0.3 is 0 Å².